The van der Waals surface area contributed by atoms with Gasteiger partial charge in [0.1, 0.15) is 11.5 Å². The van der Waals surface area contributed by atoms with Gasteiger partial charge in [0.25, 0.3) is 5.91 Å². The smallest absolute Gasteiger partial charge is 0.475 e. The van der Waals surface area contributed by atoms with Crippen LogP contribution in [0.15, 0.2) is 89.5 Å². The molecule has 0 atom stereocenters. The number of nitrogens with one attached hydrogen (secondary N) is 1. The number of rotatable bonds is 9. The summed E-state index contributed by atoms with van der Waals surface area (Å²) >= 11 is 1.24. The molecule has 0 saturated carbocycles. The molecule has 2 amide bonds. The third-order valence-electron chi connectivity index (χ3n) is 7.75. The van der Waals surface area contributed by atoms with E-state index >= 15 is 0 Å². The number of sulfone groups is 1. The average molecular weight is 784 g/mol. The van der Waals surface area contributed by atoms with E-state index in [0.29, 0.717) is 71.3 Å². The van der Waals surface area contributed by atoms with E-state index in [1.54, 1.807) is 65.3 Å². The van der Waals surface area contributed by atoms with Crippen molar-refractivity contribution in [2.75, 3.05) is 42.7 Å². The van der Waals surface area contributed by atoms with Crippen LogP contribution in [0.25, 0.3) is 11.3 Å². The van der Waals surface area contributed by atoms with Gasteiger partial charge in [0, 0.05) is 67.5 Å². The van der Waals surface area contributed by atoms with Crippen LogP contribution in [-0.4, -0.2) is 94.8 Å². The molecule has 5 aromatic rings. The predicted octanol–water partition coefficient (Wildman–Crippen LogP) is 5.28. The Hall–Kier alpha value is -5.95. The van der Waals surface area contributed by atoms with Gasteiger partial charge >= 0.3 is 12.1 Å². The summed E-state index contributed by atoms with van der Waals surface area (Å²) in [5.74, 6) is -1.78. The molecule has 1 saturated heterocycles. The molecule has 54 heavy (non-hydrogen) atoms. The molecule has 1 aliphatic rings. The molecule has 1 fully saturated rings. The van der Waals surface area contributed by atoms with Gasteiger partial charge in [-0.2, -0.15) is 13.2 Å². The Bertz CT molecular complexity index is 2230. The van der Waals surface area contributed by atoms with Crippen LogP contribution in [0.1, 0.15) is 21.6 Å². The Morgan fingerprint density at radius 1 is 0.926 bits per heavy atom. The Balaban J connectivity index is 0.000000730. The highest BCUT2D eigenvalue weighted by Gasteiger charge is 2.38. The van der Waals surface area contributed by atoms with E-state index < -0.39 is 27.9 Å². The van der Waals surface area contributed by atoms with Crippen LogP contribution in [0, 0.1) is 6.92 Å². The lowest BCUT2D eigenvalue weighted by atomic mass is 10.0. The van der Waals surface area contributed by atoms with Gasteiger partial charge in [0.05, 0.1) is 22.7 Å². The Labute approximate surface area is 311 Å². The number of halogens is 3. The molecule has 1 aliphatic heterocycles. The number of carboxylic acid groups (broad SMARTS) is 1. The number of piperazine rings is 1. The van der Waals surface area contributed by atoms with Crippen LogP contribution < -0.4 is 15.0 Å². The number of aryl methyl sites for hydroxylation is 1. The quantitative estimate of drug-likeness (QED) is 0.198. The van der Waals surface area contributed by atoms with Crippen LogP contribution in [0.3, 0.4) is 0 Å². The predicted molar refractivity (Wildman–Crippen MR) is 192 cm³/mol. The fourth-order valence-electron chi connectivity index (χ4n) is 5.10. The number of ether oxygens (including phenoxy) is 1. The number of carboxylic acids is 1. The number of carbonyl (C=O) groups is 3. The molecule has 19 heteroatoms. The van der Waals surface area contributed by atoms with E-state index in [9.17, 15) is 31.2 Å². The number of pyridine rings is 1. The largest absolute Gasteiger partial charge is 0.490 e. The molecule has 0 spiro atoms. The fraction of sp³-hybridized carbons (Fsp3) is 0.229. The second kappa shape index (κ2) is 16.8. The minimum atomic E-state index is -5.08. The van der Waals surface area contributed by atoms with Gasteiger partial charge in [0.15, 0.2) is 15.0 Å². The minimum Gasteiger partial charge on any atom is -0.475 e. The second-order valence-corrected chi connectivity index (χ2v) is 14.6. The number of aliphatic carboxylic acids is 1. The first kappa shape index (κ1) is 39.3. The minimum absolute atomic E-state index is 0.0356. The number of amides is 2. The monoisotopic (exact) mass is 783 g/mol. The summed E-state index contributed by atoms with van der Waals surface area (Å²) in [7, 11) is -3.36. The number of nitrogens with zero attached hydrogens (tertiary/aromatic N) is 6. The first-order chi connectivity index (χ1) is 25.6. The summed E-state index contributed by atoms with van der Waals surface area (Å²) in [5.41, 5.74) is 3.15. The number of alkyl halides is 3. The molecule has 2 aromatic carbocycles. The maximum atomic E-state index is 13.5. The molecule has 14 nitrogen and oxygen atoms in total. The molecular weight excluding hydrogens is 752 g/mol. The zero-order chi connectivity index (χ0) is 39.0. The summed E-state index contributed by atoms with van der Waals surface area (Å²) in [6, 6.07) is 16.7. The van der Waals surface area contributed by atoms with Gasteiger partial charge < -0.3 is 19.6 Å². The highest BCUT2D eigenvalue weighted by atomic mass is 32.2. The molecule has 0 radical (unpaired) electrons. The first-order valence-electron chi connectivity index (χ1n) is 16.0. The van der Waals surface area contributed by atoms with Crippen LogP contribution in [0.5, 0.6) is 11.5 Å². The van der Waals surface area contributed by atoms with Crippen molar-refractivity contribution in [1.29, 1.82) is 0 Å². The third kappa shape index (κ3) is 10.6. The van der Waals surface area contributed by atoms with Crippen molar-refractivity contribution >= 4 is 50.0 Å². The molecule has 282 valence electrons. The lowest BCUT2D eigenvalue weighted by Gasteiger charge is -2.34. The summed E-state index contributed by atoms with van der Waals surface area (Å²) in [6.45, 7) is 4.33. The van der Waals surface area contributed by atoms with Crippen molar-refractivity contribution in [3.8, 4) is 22.8 Å². The summed E-state index contributed by atoms with van der Waals surface area (Å²) in [6.07, 6.45) is 1.26. The average Bonchev–Trinajstić information content (AvgIpc) is 3.58. The number of hydrogen-bond donors (Lipinski definition) is 2. The highest BCUT2D eigenvalue weighted by molar-refractivity contribution is 7.90. The zero-order valence-electron chi connectivity index (χ0n) is 28.6. The first-order valence-corrected chi connectivity index (χ1v) is 18.7. The number of aromatic nitrogens is 4. The van der Waals surface area contributed by atoms with Gasteiger partial charge in [-0.1, -0.05) is 6.07 Å². The molecule has 6 rings (SSSR count). The van der Waals surface area contributed by atoms with E-state index in [4.69, 9.17) is 14.6 Å². The lowest BCUT2D eigenvalue weighted by molar-refractivity contribution is -0.192. The SMILES string of the molecule is Cc1cccnc1-c1cc(Oc2ccc(S(C)(=O)=O)cc2)cc(C(=O)Nc2nc(CC(=O)N3CCN(c4ncccn4)CC3)cs2)c1.O=C(O)C(F)(F)F. The second-order valence-electron chi connectivity index (χ2n) is 11.8. The van der Waals surface area contributed by atoms with Gasteiger partial charge in [-0.15, -0.1) is 11.3 Å². The van der Waals surface area contributed by atoms with Crippen molar-refractivity contribution in [1.82, 2.24) is 24.8 Å². The third-order valence-corrected chi connectivity index (χ3v) is 9.69. The summed E-state index contributed by atoms with van der Waals surface area (Å²) in [5, 5.41) is 12.1. The maximum absolute atomic E-state index is 13.5. The lowest BCUT2D eigenvalue weighted by Crippen LogP contribution is -2.49. The summed E-state index contributed by atoms with van der Waals surface area (Å²) in [4.78, 5) is 57.0. The van der Waals surface area contributed by atoms with E-state index in [0.717, 1.165) is 11.8 Å². The van der Waals surface area contributed by atoms with Crippen molar-refractivity contribution in [3.05, 3.63) is 101 Å². The van der Waals surface area contributed by atoms with Crippen molar-refractivity contribution in [2.24, 2.45) is 0 Å². The Morgan fingerprint density at radius 3 is 2.19 bits per heavy atom. The molecular formula is C35H32F3N7O7S2. The van der Waals surface area contributed by atoms with Crippen LogP contribution >= 0.6 is 11.3 Å². The van der Waals surface area contributed by atoms with Crippen LogP contribution in [0.4, 0.5) is 24.3 Å². The van der Waals surface area contributed by atoms with Crippen LogP contribution in [-0.2, 0) is 25.8 Å². The number of anilines is 2. The number of hydrogen-bond acceptors (Lipinski definition) is 12. The van der Waals surface area contributed by atoms with Crippen molar-refractivity contribution in [3.63, 3.8) is 0 Å². The zero-order valence-corrected chi connectivity index (χ0v) is 30.3. The van der Waals surface area contributed by atoms with E-state index in [-0.39, 0.29) is 17.2 Å². The molecule has 0 bridgehead atoms. The highest BCUT2D eigenvalue weighted by Crippen LogP contribution is 2.31. The number of carbonyl (C=O) groups excluding carboxylic acids is 2. The molecule has 0 unspecified atom stereocenters. The van der Waals surface area contributed by atoms with Gasteiger partial charge in [0.2, 0.25) is 11.9 Å². The van der Waals surface area contributed by atoms with Crippen LogP contribution in [0.2, 0.25) is 0 Å². The Morgan fingerprint density at radius 2 is 1.57 bits per heavy atom. The molecule has 4 heterocycles. The normalized spacial score (nSPS) is 13.1. The molecule has 3 aromatic heterocycles. The van der Waals surface area contributed by atoms with Crippen molar-refractivity contribution < 1.29 is 45.8 Å². The van der Waals surface area contributed by atoms with Gasteiger partial charge in [-0.05, 0) is 67.1 Å². The van der Waals surface area contributed by atoms with Gasteiger partial charge in [-0.3, -0.25) is 19.9 Å². The molecule has 0 aliphatic carbocycles. The van der Waals surface area contributed by atoms with E-state index in [1.807, 2.05) is 19.1 Å². The Kier molecular flexibility index (Phi) is 12.2. The van der Waals surface area contributed by atoms with Crippen molar-refractivity contribution in [2.45, 2.75) is 24.4 Å². The standard InChI is InChI=1S/C33H31N7O5S2.C2HF3O2/c1-22-5-3-10-34-30(22)23-17-24(19-27(18-23)45-26-6-8-28(9-7-26)47(2,43)44)31(42)38-33-37-25(21-46-33)20-29(41)39-13-15-40(16-14-39)32-35-11-4-12-36-32;3-2(4,5)1(6)7/h3-12,17-19,21H,13-16,20H2,1-2H3,(H,37,38,42);(H,6,7). The maximum Gasteiger partial charge on any atom is 0.490 e. The topological polar surface area (TPSA) is 185 Å². The fourth-order valence-corrected chi connectivity index (χ4v) is 6.43. The van der Waals surface area contributed by atoms with E-state index in [1.165, 1.54) is 23.5 Å². The van der Waals surface area contributed by atoms with Gasteiger partial charge in [-0.25, -0.2) is 28.2 Å². The number of benzene rings is 2. The summed E-state index contributed by atoms with van der Waals surface area (Å²) < 4.78 is 61.5. The van der Waals surface area contributed by atoms with E-state index in [2.05, 4.69) is 30.2 Å². The molecule has 2 N–H and O–H groups in total. The number of thiazole rings is 1.